The second kappa shape index (κ2) is 12.5. The Hall–Kier alpha value is -2.98. The van der Waals surface area contributed by atoms with Gasteiger partial charge in [0.25, 0.3) is 0 Å². The van der Waals surface area contributed by atoms with E-state index in [4.69, 9.17) is 4.74 Å². The second-order valence-electron chi connectivity index (χ2n) is 11.1. The van der Waals surface area contributed by atoms with E-state index in [9.17, 15) is 13.2 Å². The van der Waals surface area contributed by atoms with Gasteiger partial charge in [-0.2, -0.15) is 0 Å². The molecule has 0 aliphatic heterocycles. The number of nitrogens with zero attached hydrogens (tertiary/aromatic N) is 4. The molecule has 39 heavy (non-hydrogen) atoms. The number of nitrogens with one attached hydrogen (secondary N) is 1. The highest BCUT2D eigenvalue weighted by molar-refractivity contribution is 7.89. The van der Waals surface area contributed by atoms with Crippen LogP contribution >= 0.6 is 0 Å². The topological polar surface area (TPSA) is 106 Å². The van der Waals surface area contributed by atoms with Gasteiger partial charge in [0.05, 0.1) is 17.1 Å². The molecule has 2 heterocycles. The molecule has 1 saturated carbocycles. The zero-order valence-electron chi connectivity index (χ0n) is 23.6. The molecule has 2 aromatic heterocycles. The summed E-state index contributed by atoms with van der Waals surface area (Å²) in [5, 5.41) is 0.893. The van der Waals surface area contributed by atoms with Crippen molar-refractivity contribution in [3.63, 3.8) is 0 Å². The van der Waals surface area contributed by atoms with Crippen LogP contribution < -0.4 is 9.62 Å². The summed E-state index contributed by atoms with van der Waals surface area (Å²) >= 11 is 0. The minimum atomic E-state index is -3.20. The molecular weight excluding hydrogens is 514 g/mol. The fourth-order valence-corrected chi connectivity index (χ4v) is 6.57. The van der Waals surface area contributed by atoms with Crippen LogP contribution in [0.15, 0.2) is 42.9 Å². The number of carbonyl (C=O) groups excluding carboxylic acids is 1. The number of fused-ring (bicyclic) bond motifs is 1. The average molecular weight is 556 g/mol. The van der Waals surface area contributed by atoms with Gasteiger partial charge in [-0.25, -0.2) is 23.1 Å². The summed E-state index contributed by atoms with van der Waals surface area (Å²) < 4.78 is 33.8. The molecule has 0 saturated heterocycles. The molecule has 4 rings (SSSR count). The molecule has 1 atom stereocenters. The molecule has 0 spiro atoms. The maximum Gasteiger partial charge on any atom is 0.314 e. The van der Waals surface area contributed by atoms with E-state index in [1.807, 2.05) is 42.9 Å². The number of rotatable bonds is 11. The minimum Gasteiger partial charge on any atom is -0.443 e. The van der Waals surface area contributed by atoms with Crippen LogP contribution in [0.25, 0.3) is 11.0 Å². The van der Waals surface area contributed by atoms with Gasteiger partial charge in [-0.05, 0) is 75.1 Å². The molecule has 1 aliphatic rings. The third-order valence-electron chi connectivity index (χ3n) is 7.82. The first-order valence-electron chi connectivity index (χ1n) is 13.8. The molecule has 1 aliphatic carbocycles. The lowest BCUT2D eigenvalue weighted by atomic mass is 9.86. The number of esters is 1. The SMILES string of the molecule is CNS(=O)(=O)CC1CCC(N(C)c2ncnc3c2ccn3COC(=O)[C@@H](C)c2ccc(CC(C)C)cc2)CC1. The van der Waals surface area contributed by atoms with Gasteiger partial charge < -0.3 is 9.64 Å². The molecule has 1 N–H and O–H groups in total. The van der Waals surface area contributed by atoms with Gasteiger partial charge in [-0.3, -0.25) is 9.36 Å². The van der Waals surface area contributed by atoms with Gasteiger partial charge in [0, 0.05) is 19.3 Å². The molecule has 0 radical (unpaired) electrons. The van der Waals surface area contributed by atoms with Crippen molar-refractivity contribution in [1.82, 2.24) is 19.3 Å². The Kier molecular flexibility index (Phi) is 9.27. The Bertz CT molecular complexity index is 1360. The van der Waals surface area contributed by atoms with Crippen LogP contribution in [0.3, 0.4) is 0 Å². The van der Waals surface area contributed by atoms with Crippen molar-refractivity contribution in [3.05, 3.63) is 54.0 Å². The maximum atomic E-state index is 12.8. The van der Waals surface area contributed by atoms with E-state index < -0.39 is 10.0 Å². The van der Waals surface area contributed by atoms with Crippen LogP contribution in [0.1, 0.15) is 63.5 Å². The van der Waals surface area contributed by atoms with Gasteiger partial charge in [0.1, 0.15) is 17.8 Å². The summed E-state index contributed by atoms with van der Waals surface area (Å²) in [6, 6.07) is 10.4. The Morgan fingerprint density at radius 2 is 1.79 bits per heavy atom. The molecule has 1 aromatic carbocycles. The first-order chi connectivity index (χ1) is 18.6. The Morgan fingerprint density at radius 3 is 2.44 bits per heavy atom. The van der Waals surface area contributed by atoms with Gasteiger partial charge in [-0.1, -0.05) is 38.1 Å². The number of aromatic nitrogens is 3. The quantitative estimate of drug-likeness (QED) is 0.348. The van der Waals surface area contributed by atoms with Crippen molar-refractivity contribution in [1.29, 1.82) is 0 Å². The standard InChI is InChI=1S/C29H41N5O4S/c1-20(2)16-22-6-10-24(11-7-22)21(3)29(35)38-19-34-15-14-26-27(31-18-32-28(26)34)33(5)25-12-8-23(9-13-25)17-39(36,37)30-4/h6-7,10-11,14-15,18,20-21,23,25,30H,8-9,12-13,16-17,19H2,1-5H3/t21-,23?,25?/m0/s1. The molecule has 0 bridgehead atoms. The number of sulfonamides is 1. The minimum absolute atomic E-state index is 0.0727. The summed E-state index contributed by atoms with van der Waals surface area (Å²) in [5.74, 6) is 1.12. The monoisotopic (exact) mass is 555 g/mol. The van der Waals surface area contributed by atoms with Crippen LogP contribution in [-0.2, 0) is 32.7 Å². The largest absolute Gasteiger partial charge is 0.443 e. The van der Waals surface area contributed by atoms with E-state index in [1.54, 1.807) is 6.33 Å². The normalized spacial score (nSPS) is 18.8. The van der Waals surface area contributed by atoms with Gasteiger partial charge in [0.2, 0.25) is 10.0 Å². The third kappa shape index (κ3) is 7.16. The first-order valence-corrected chi connectivity index (χ1v) is 15.4. The average Bonchev–Trinajstić information content (AvgIpc) is 3.34. The van der Waals surface area contributed by atoms with E-state index in [1.165, 1.54) is 12.6 Å². The van der Waals surface area contributed by atoms with Crippen LogP contribution in [0.4, 0.5) is 5.82 Å². The number of hydrogen-bond acceptors (Lipinski definition) is 7. The summed E-state index contributed by atoms with van der Waals surface area (Å²) in [6.45, 7) is 6.33. The van der Waals surface area contributed by atoms with Gasteiger partial charge in [-0.15, -0.1) is 0 Å². The molecule has 0 unspecified atom stereocenters. The molecule has 0 amide bonds. The number of ether oxygens (including phenoxy) is 1. The van der Waals surface area contributed by atoms with Crippen molar-refractivity contribution >= 4 is 32.8 Å². The van der Waals surface area contributed by atoms with Crippen molar-refractivity contribution in [2.45, 2.75) is 71.6 Å². The zero-order chi connectivity index (χ0) is 28.2. The lowest BCUT2D eigenvalue weighted by Gasteiger charge is -2.35. The molecular formula is C29H41N5O4S. The van der Waals surface area contributed by atoms with E-state index in [-0.39, 0.29) is 36.3 Å². The summed E-state index contributed by atoms with van der Waals surface area (Å²) in [6.07, 6.45) is 7.95. The van der Waals surface area contributed by atoms with E-state index in [0.29, 0.717) is 11.6 Å². The van der Waals surface area contributed by atoms with Crippen LogP contribution in [0.5, 0.6) is 0 Å². The fourth-order valence-electron chi connectivity index (χ4n) is 5.45. The van der Waals surface area contributed by atoms with Crippen molar-refractivity contribution in [2.75, 3.05) is 24.7 Å². The summed E-state index contributed by atoms with van der Waals surface area (Å²) in [4.78, 5) is 24.0. The number of hydrogen-bond donors (Lipinski definition) is 1. The predicted octanol–water partition coefficient (Wildman–Crippen LogP) is 4.48. The predicted molar refractivity (Wildman–Crippen MR) is 154 cm³/mol. The Balaban J connectivity index is 1.38. The van der Waals surface area contributed by atoms with E-state index >= 15 is 0 Å². The summed E-state index contributed by atoms with van der Waals surface area (Å²) in [7, 11) is 0.301. The molecule has 1 fully saturated rings. The van der Waals surface area contributed by atoms with Gasteiger partial charge in [0.15, 0.2) is 6.73 Å². The summed E-state index contributed by atoms with van der Waals surface area (Å²) in [5.41, 5.74) is 2.91. The molecule has 10 heteroatoms. The second-order valence-corrected chi connectivity index (χ2v) is 13.1. The number of anilines is 1. The molecule has 9 nitrogen and oxygen atoms in total. The van der Waals surface area contributed by atoms with Crippen LogP contribution in [0, 0.1) is 11.8 Å². The lowest BCUT2D eigenvalue weighted by Crippen LogP contribution is -2.38. The van der Waals surface area contributed by atoms with Crippen molar-refractivity contribution in [3.8, 4) is 0 Å². The smallest absolute Gasteiger partial charge is 0.314 e. The third-order valence-corrected chi connectivity index (χ3v) is 9.35. The zero-order valence-corrected chi connectivity index (χ0v) is 24.4. The van der Waals surface area contributed by atoms with Crippen LogP contribution in [-0.4, -0.2) is 54.8 Å². The molecule has 3 aromatic rings. The Labute approximate surface area is 232 Å². The highest BCUT2D eigenvalue weighted by atomic mass is 32.2. The lowest BCUT2D eigenvalue weighted by molar-refractivity contribution is -0.148. The van der Waals surface area contributed by atoms with E-state index in [0.717, 1.165) is 48.9 Å². The highest BCUT2D eigenvalue weighted by Gasteiger charge is 2.28. The molecule has 212 valence electrons. The Morgan fingerprint density at radius 1 is 1.10 bits per heavy atom. The van der Waals surface area contributed by atoms with Crippen LogP contribution in [0.2, 0.25) is 0 Å². The highest BCUT2D eigenvalue weighted by Crippen LogP contribution is 2.32. The van der Waals surface area contributed by atoms with E-state index in [2.05, 4.69) is 45.6 Å². The number of benzene rings is 1. The first kappa shape index (κ1) is 29.0. The van der Waals surface area contributed by atoms with Crippen molar-refractivity contribution < 1.29 is 17.9 Å². The fraction of sp³-hybridized carbons (Fsp3) is 0.552. The van der Waals surface area contributed by atoms with Gasteiger partial charge >= 0.3 is 5.97 Å². The maximum absolute atomic E-state index is 12.8. The van der Waals surface area contributed by atoms with Crippen molar-refractivity contribution in [2.24, 2.45) is 11.8 Å². The number of carbonyl (C=O) groups is 1.